The van der Waals surface area contributed by atoms with Crippen LogP contribution in [0.25, 0.3) is 10.9 Å². The maximum absolute atomic E-state index is 13.3. The van der Waals surface area contributed by atoms with Crippen molar-refractivity contribution in [3.63, 3.8) is 0 Å². The smallest absolute Gasteiger partial charge is 0.248 e. The van der Waals surface area contributed by atoms with E-state index in [1.54, 1.807) is 13.8 Å². The summed E-state index contributed by atoms with van der Waals surface area (Å²) >= 11 is 0. The van der Waals surface area contributed by atoms with Gasteiger partial charge in [-0.1, -0.05) is 39.0 Å². The summed E-state index contributed by atoms with van der Waals surface area (Å²) in [4.78, 5) is 26.8. The fourth-order valence-corrected chi connectivity index (χ4v) is 9.50. The number of hydrogen-bond donors (Lipinski definition) is 7. The lowest BCUT2D eigenvalue weighted by atomic mass is 9.45. The molecular formula is C36H51NO8. The molecule has 0 bridgehead atoms. The van der Waals surface area contributed by atoms with Crippen LogP contribution in [-0.4, -0.2) is 77.0 Å². The lowest BCUT2D eigenvalue weighted by Gasteiger charge is -2.61. The van der Waals surface area contributed by atoms with Crippen molar-refractivity contribution in [1.82, 2.24) is 4.98 Å². The molecule has 4 aliphatic rings. The molecule has 3 fully saturated rings. The van der Waals surface area contributed by atoms with Gasteiger partial charge in [0.15, 0.2) is 5.78 Å². The molecule has 1 heterocycles. The molecule has 1 unspecified atom stereocenters. The fraction of sp³-hybridized carbons (Fsp3) is 0.667. The van der Waals surface area contributed by atoms with Crippen molar-refractivity contribution in [2.75, 3.05) is 0 Å². The highest BCUT2D eigenvalue weighted by Crippen LogP contribution is 2.68. The van der Waals surface area contributed by atoms with E-state index in [0.717, 1.165) is 10.9 Å². The number of aromatic nitrogens is 1. The van der Waals surface area contributed by atoms with Gasteiger partial charge in [-0.3, -0.25) is 9.59 Å². The Labute approximate surface area is 265 Å². The SMILES string of the molecule is C[C@H]([C@H](O)CCC(C)(C)O)[C@H]1CC[C@@]2(O)C3=CC(=O)[C@@H]4C[C@@H](O)[C@@H](O)C[C@]4(C)[C@H]3C(O)C[C@]12C.O=c1ccc2ccccc2[nH]1. The van der Waals surface area contributed by atoms with Crippen LogP contribution in [0.2, 0.25) is 0 Å². The monoisotopic (exact) mass is 625 g/mol. The highest BCUT2D eigenvalue weighted by Gasteiger charge is 2.69. The van der Waals surface area contributed by atoms with Gasteiger partial charge in [0.05, 0.1) is 35.6 Å². The van der Waals surface area contributed by atoms with Gasteiger partial charge in [0.2, 0.25) is 5.56 Å². The van der Waals surface area contributed by atoms with Crippen LogP contribution in [0.1, 0.15) is 79.6 Å². The number of aromatic amines is 1. The minimum absolute atomic E-state index is 0.0521. The molecule has 3 saturated carbocycles. The Balaban J connectivity index is 0.000000304. The molecule has 9 heteroatoms. The number of para-hydroxylation sites is 1. The Bertz CT molecular complexity index is 1500. The summed E-state index contributed by atoms with van der Waals surface area (Å²) in [6.45, 7) is 9.31. The summed E-state index contributed by atoms with van der Waals surface area (Å²) in [6, 6.07) is 11.0. The van der Waals surface area contributed by atoms with Crippen molar-refractivity contribution < 1.29 is 35.4 Å². The number of carbonyl (C=O) groups excluding carboxylic acids is 1. The molecule has 1 aromatic carbocycles. The average Bonchev–Trinajstić information content (AvgIpc) is 3.23. The predicted molar refractivity (Wildman–Crippen MR) is 171 cm³/mol. The van der Waals surface area contributed by atoms with Gasteiger partial charge in [-0.05, 0) is 105 Å². The van der Waals surface area contributed by atoms with Crippen molar-refractivity contribution in [2.24, 2.45) is 34.5 Å². The summed E-state index contributed by atoms with van der Waals surface area (Å²) in [7, 11) is 0. The summed E-state index contributed by atoms with van der Waals surface area (Å²) in [6.07, 6.45) is 0.869. The quantitative estimate of drug-likeness (QED) is 0.265. The summed E-state index contributed by atoms with van der Waals surface area (Å²) < 4.78 is 0. The van der Waals surface area contributed by atoms with Gasteiger partial charge >= 0.3 is 0 Å². The fourth-order valence-electron chi connectivity index (χ4n) is 9.50. The van der Waals surface area contributed by atoms with E-state index in [2.05, 4.69) is 4.98 Å². The van der Waals surface area contributed by atoms with Gasteiger partial charge in [0.1, 0.15) is 0 Å². The lowest BCUT2D eigenvalue weighted by molar-refractivity contribution is -0.176. The van der Waals surface area contributed by atoms with Crippen LogP contribution in [0, 0.1) is 34.5 Å². The van der Waals surface area contributed by atoms with Crippen LogP contribution in [0.5, 0.6) is 0 Å². The molecule has 0 spiro atoms. The molecule has 0 amide bonds. The zero-order valence-corrected chi connectivity index (χ0v) is 27.1. The van der Waals surface area contributed by atoms with Crippen LogP contribution in [-0.2, 0) is 4.79 Å². The van der Waals surface area contributed by atoms with Crippen LogP contribution < -0.4 is 5.56 Å². The topological polar surface area (TPSA) is 171 Å². The van der Waals surface area contributed by atoms with Crippen molar-refractivity contribution in [2.45, 2.75) is 115 Å². The molecule has 0 radical (unpaired) electrons. The maximum atomic E-state index is 13.3. The van der Waals surface area contributed by atoms with Gasteiger partial charge in [-0.2, -0.15) is 0 Å². The van der Waals surface area contributed by atoms with Gasteiger partial charge in [-0.25, -0.2) is 0 Å². The zero-order chi connectivity index (χ0) is 33.1. The van der Waals surface area contributed by atoms with E-state index in [9.17, 15) is 40.2 Å². The molecule has 6 rings (SSSR count). The van der Waals surface area contributed by atoms with E-state index in [0.29, 0.717) is 37.7 Å². The Hall–Kier alpha value is -2.40. The minimum Gasteiger partial charge on any atom is -0.393 e. The van der Waals surface area contributed by atoms with E-state index < -0.39 is 58.3 Å². The second-order valence-corrected chi connectivity index (χ2v) is 15.5. The van der Waals surface area contributed by atoms with E-state index in [-0.39, 0.29) is 36.0 Å². The Morgan fingerprint density at radius 3 is 2.38 bits per heavy atom. The predicted octanol–water partition coefficient (Wildman–Crippen LogP) is 3.24. The number of ketones is 1. The first-order chi connectivity index (χ1) is 20.9. The third-order valence-corrected chi connectivity index (χ3v) is 12.1. The second-order valence-electron chi connectivity index (χ2n) is 15.5. The molecule has 11 atom stereocenters. The van der Waals surface area contributed by atoms with Gasteiger partial charge < -0.3 is 35.6 Å². The summed E-state index contributed by atoms with van der Waals surface area (Å²) in [5.74, 6) is -1.33. The van der Waals surface area contributed by atoms with Crippen molar-refractivity contribution in [3.05, 3.63) is 58.4 Å². The number of pyridine rings is 1. The van der Waals surface area contributed by atoms with E-state index in [1.165, 1.54) is 12.1 Å². The van der Waals surface area contributed by atoms with Crippen LogP contribution in [0.3, 0.4) is 0 Å². The molecule has 0 aliphatic heterocycles. The number of nitrogens with one attached hydrogen (secondary N) is 1. The highest BCUT2D eigenvalue weighted by atomic mass is 16.3. The number of benzene rings is 1. The number of hydrogen-bond acceptors (Lipinski definition) is 8. The first-order valence-corrected chi connectivity index (χ1v) is 16.4. The molecule has 2 aromatic rings. The average molecular weight is 626 g/mol. The molecule has 1 aromatic heterocycles. The van der Waals surface area contributed by atoms with Crippen LogP contribution >= 0.6 is 0 Å². The molecule has 0 saturated heterocycles. The first kappa shape index (κ1) is 33.9. The molecule has 248 valence electrons. The van der Waals surface area contributed by atoms with Gasteiger partial charge in [0.25, 0.3) is 0 Å². The van der Waals surface area contributed by atoms with Crippen molar-refractivity contribution in [1.29, 1.82) is 0 Å². The number of carbonyl (C=O) groups is 1. The van der Waals surface area contributed by atoms with Crippen molar-refractivity contribution in [3.8, 4) is 0 Å². The number of fused-ring (bicyclic) bond motifs is 6. The largest absolute Gasteiger partial charge is 0.393 e. The van der Waals surface area contributed by atoms with Crippen LogP contribution in [0.15, 0.2) is 52.8 Å². The van der Waals surface area contributed by atoms with Crippen LogP contribution in [0.4, 0.5) is 0 Å². The summed E-state index contributed by atoms with van der Waals surface area (Å²) in [5.41, 5.74) is -2.21. The number of aliphatic hydroxyl groups is 6. The normalized spacial score (nSPS) is 39.1. The molecule has 9 nitrogen and oxygen atoms in total. The van der Waals surface area contributed by atoms with E-state index >= 15 is 0 Å². The Morgan fingerprint density at radius 2 is 1.69 bits per heavy atom. The second kappa shape index (κ2) is 12.0. The van der Waals surface area contributed by atoms with E-state index in [4.69, 9.17) is 0 Å². The Morgan fingerprint density at radius 1 is 1.00 bits per heavy atom. The first-order valence-electron chi connectivity index (χ1n) is 16.4. The number of allylic oxidation sites excluding steroid dienone is 1. The summed E-state index contributed by atoms with van der Waals surface area (Å²) in [5, 5.41) is 66.5. The zero-order valence-electron chi connectivity index (χ0n) is 27.1. The van der Waals surface area contributed by atoms with E-state index in [1.807, 2.05) is 51.1 Å². The molecule has 4 aliphatic carbocycles. The number of rotatable bonds is 5. The maximum Gasteiger partial charge on any atom is 0.248 e. The minimum atomic E-state index is -1.28. The molecule has 45 heavy (non-hydrogen) atoms. The lowest BCUT2D eigenvalue weighted by Crippen LogP contribution is -2.64. The van der Waals surface area contributed by atoms with Gasteiger partial charge in [0, 0.05) is 28.8 Å². The van der Waals surface area contributed by atoms with Crippen molar-refractivity contribution >= 4 is 16.7 Å². The highest BCUT2D eigenvalue weighted by molar-refractivity contribution is 5.95. The Kier molecular flexibility index (Phi) is 9.05. The van der Waals surface area contributed by atoms with Gasteiger partial charge in [-0.15, -0.1) is 0 Å². The molecule has 7 N–H and O–H groups in total. The standard InChI is InChI=1S/C27H44O7.C9H7NO/c1-14(18(28)7-8-24(2,3)33)15-6-9-27(34)17-11-19(29)16-10-20(30)21(31)12-25(16,4)23(17)22(32)13-26(15,27)5;11-9-6-5-7-3-1-2-4-8(7)10-9/h11,14-16,18,20-23,28,30-34H,6-10,12-13H2,1-5H3;1-6H,(H,10,11)/t14-,15+,16-,18+,20+,21-,22?,23+,25-,26+,27+;/m0./s1. The third kappa shape index (κ3) is 5.96. The number of H-pyrrole nitrogens is 1. The number of aliphatic hydroxyl groups excluding tert-OH is 4. The third-order valence-electron chi connectivity index (χ3n) is 12.1. The molecular weight excluding hydrogens is 574 g/mol.